The molecule has 188 valence electrons. The van der Waals surface area contributed by atoms with Crippen molar-refractivity contribution in [2.45, 2.75) is 97.6 Å². The van der Waals surface area contributed by atoms with Gasteiger partial charge in [0.25, 0.3) is 0 Å². The Morgan fingerprint density at radius 3 is 1.30 bits per heavy atom. The summed E-state index contributed by atoms with van der Waals surface area (Å²) < 4.78 is 34.7. The van der Waals surface area contributed by atoms with Crippen molar-refractivity contribution in [2.75, 3.05) is 0 Å². The largest absolute Gasteiger partial charge is 0.353 e. The Kier molecular flexibility index (Phi) is 3.42. The first-order chi connectivity index (χ1) is 18.1. The fourth-order valence-electron chi connectivity index (χ4n) is 9.36. The van der Waals surface area contributed by atoms with Crippen LogP contribution in [0.4, 0.5) is 0 Å². The van der Waals surface area contributed by atoms with Gasteiger partial charge in [-0.2, -0.15) is 0 Å². The van der Waals surface area contributed by atoms with Gasteiger partial charge >= 0.3 is 0 Å². The fourth-order valence-corrected chi connectivity index (χ4v) is 9.36. The van der Waals surface area contributed by atoms with E-state index in [9.17, 15) is 0 Å². The van der Waals surface area contributed by atoms with Gasteiger partial charge in [-0.3, -0.25) is 0 Å². The zero-order chi connectivity index (χ0) is 24.1. The molecule has 12 aliphatic rings. The Hall–Kier alpha value is -2.28. The molecule has 5 heteroatoms. The summed E-state index contributed by atoms with van der Waals surface area (Å²) in [6.07, 6.45) is 33.8. The van der Waals surface area contributed by atoms with E-state index in [0.717, 1.165) is 51.4 Å². The monoisotopic (exact) mass is 494 g/mol. The number of rotatable bonds is 6. The second-order valence-electron chi connectivity index (χ2n) is 12.3. The van der Waals surface area contributed by atoms with E-state index >= 15 is 0 Å². The second kappa shape index (κ2) is 6.13. The van der Waals surface area contributed by atoms with Crippen molar-refractivity contribution in [3.05, 3.63) is 95.2 Å². The summed E-state index contributed by atoms with van der Waals surface area (Å²) in [5.74, 6) is -0.817. The second-order valence-corrected chi connectivity index (χ2v) is 12.3. The highest BCUT2D eigenvalue weighted by molar-refractivity contribution is 5.56. The van der Waals surface area contributed by atoms with Crippen molar-refractivity contribution in [3.8, 4) is 0 Å². The number of hydrogen-bond donors (Lipinski definition) is 0. The molecule has 4 bridgehead atoms. The molecular weight excluding hydrogens is 464 g/mol. The zero-order valence-electron chi connectivity index (χ0n) is 20.8. The Bertz CT molecular complexity index is 1320. The van der Waals surface area contributed by atoms with Gasteiger partial charge in [0.05, 0.1) is 0 Å². The molecule has 6 saturated heterocycles. The van der Waals surface area contributed by atoms with Crippen LogP contribution in [0.5, 0.6) is 0 Å². The molecule has 5 nitrogen and oxygen atoms in total. The van der Waals surface area contributed by atoms with Gasteiger partial charge in [-0.1, -0.05) is 72.9 Å². The number of ether oxygens (including phenoxy) is 5. The van der Waals surface area contributed by atoms with Gasteiger partial charge in [0.2, 0.25) is 0 Å². The van der Waals surface area contributed by atoms with Crippen molar-refractivity contribution < 1.29 is 23.7 Å². The number of allylic oxidation sites excluding steroid dienone is 12. The molecule has 8 fully saturated rings. The summed E-state index contributed by atoms with van der Waals surface area (Å²) in [7, 11) is 0. The molecule has 6 heterocycles. The van der Waals surface area contributed by atoms with Crippen LogP contribution in [0.2, 0.25) is 0 Å². The molecule has 8 unspecified atom stereocenters. The van der Waals surface area contributed by atoms with Gasteiger partial charge < -0.3 is 23.7 Å². The molecular formula is C32H30O5. The van der Waals surface area contributed by atoms with E-state index < -0.39 is 34.0 Å². The van der Waals surface area contributed by atoms with Crippen LogP contribution >= 0.6 is 0 Å². The Morgan fingerprint density at radius 1 is 0.541 bits per heavy atom. The normalized spacial score (nSPS) is 54.2. The third kappa shape index (κ3) is 2.02. The maximum atomic E-state index is 8.03. The molecule has 2 saturated carbocycles. The first kappa shape index (κ1) is 20.7. The summed E-state index contributed by atoms with van der Waals surface area (Å²) in [5.41, 5.74) is 2.65. The highest BCUT2D eigenvalue weighted by Gasteiger charge is 2.93. The summed E-state index contributed by atoms with van der Waals surface area (Å²) in [4.78, 5) is 0. The minimum atomic E-state index is -0.645. The maximum Gasteiger partial charge on any atom is 0.200 e. The Labute approximate surface area is 216 Å². The van der Waals surface area contributed by atoms with Gasteiger partial charge in [0, 0.05) is 12.8 Å². The van der Waals surface area contributed by atoms with Crippen molar-refractivity contribution in [1.82, 2.24) is 0 Å². The lowest BCUT2D eigenvalue weighted by Crippen LogP contribution is -2.81. The lowest BCUT2D eigenvalue weighted by Gasteiger charge is -2.67. The quantitative estimate of drug-likeness (QED) is 0.467. The average Bonchev–Trinajstić information content (AvgIpc) is 3.53. The van der Waals surface area contributed by atoms with Crippen molar-refractivity contribution in [2.24, 2.45) is 0 Å². The lowest BCUT2D eigenvalue weighted by molar-refractivity contribution is -0.365. The summed E-state index contributed by atoms with van der Waals surface area (Å²) in [6, 6.07) is 0. The SMILES string of the molecule is C1=CCC(C2(OC3(C4=CC=CC4)CCC45OC4C3(C3=CC=CC3)O5)CCC34OC3C2(C2=CC=CC2)O4)=C1. The summed E-state index contributed by atoms with van der Waals surface area (Å²) in [6.45, 7) is 0. The predicted molar refractivity (Wildman–Crippen MR) is 135 cm³/mol. The smallest absolute Gasteiger partial charge is 0.200 e. The average molecular weight is 495 g/mol. The van der Waals surface area contributed by atoms with E-state index in [-0.39, 0.29) is 12.2 Å². The molecule has 0 aromatic heterocycles. The van der Waals surface area contributed by atoms with Crippen molar-refractivity contribution in [1.29, 1.82) is 0 Å². The van der Waals surface area contributed by atoms with Gasteiger partial charge in [-0.15, -0.1) is 0 Å². The van der Waals surface area contributed by atoms with E-state index in [2.05, 4.69) is 72.9 Å². The van der Waals surface area contributed by atoms with E-state index in [1.807, 2.05) is 0 Å². The first-order valence-corrected chi connectivity index (χ1v) is 14.0. The van der Waals surface area contributed by atoms with Crippen LogP contribution in [-0.2, 0) is 23.7 Å². The van der Waals surface area contributed by atoms with E-state index in [1.165, 1.54) is 22.3 Å². The number of hydrogen-bond acceptors (Lipinski definition) is 5. The molecule has 6 aliphatic heterocycles. The molecule has 12 rings (SSSR count). The standard InChI is InChI=1S/C32H30O5/c1-2-10-21(9-1)27(17-19-29-25(33-29)31(27,36-29)23-13-5-6-14-23)35-28(22-11-3-4-12-22)18-20-30-26(34-30)32(28,37-30)24-15-7-8-16-24/h1-9,11,13,15,25-26H,10,12,14,16-20H2. The van der Waals surface area contributed by atoms with Gasteiger partial charge in [0.1, 0.15) is 11.2 Å². The molecule has 0 aromatic rings. The minimum absolute atomic E-state index is 0.0413. The molecule has 0 amide bonds. The number of epoxide rings is 2. The molecule has 2 spiro atoms. The van der Waals surface area contributed by atoms with Crippen LogP contribution < -0.4 is 0 Å². The Balaban J connectivity index is 1.20. The maximum absolute atomic E-state index is 8.03. The van der Waals surface area contributed by atoms with Crippen molar-refractivity contribution >= 4 is 0 Å². The topological polar surface area (TPSA) is 52.8 Å². The van der Waals surface area contributed by atoms with Gasteiger partial charge in [-0.25, -0.2) is 0 Å². The van der Waals surface area contributed by atoms with Crippen LogP contribution in [0.1, 0.15) is 51.4 Å². The third-order valence-corrected chi connectivity index (χ3v) is 11.0. The molecule has 0 aromatic carbocycles. The predicted octanol–water partition coefficient (Wildman–Crippen LogP) is 5.34. The van der Waals surface area contributed by atoms with Gasteiger partial charge in [-0.05, 0) is 60.8 Å². The van der Waals surface area contributed by atoms with Crippen LogP contribution in [0, 0.1) is 0 Å². The highest BCUT2D eigenvalue weighted by atomic mass is 16.9. The fraction of sp³-hybridized carbons (Fsp3) is 0.500. The molecule has 6 aliphatic carbocycles. The van der Waals surface area contributed by atoms with Crippen LogP contribution in [-0.4, -0.2) is 46.2 Å². The van der Waals surface area contributed by atoms with Gasteiger partial charge in [0.15, 0.2) is 35.0 Å². The van der Waals surface area contributed by atoms with E-state index in [0.29, 0.717) is 0 Å². The molecule has 8 atom stereocenters. The third-order valence-electron chi connectivity index (χ3n) is 11.0. The first-order valence-electron chi connectivity index (χ1n) is 14.0. The van der Waals surface area contributed by atoms with Crippen LogP contribution in [0.25, 0.3) is 0 Å². The zero-order valence-corrected chi connectivity index (χ0v) is 20.8. The van der Waals surface area contributed by atoms with Crippen LogP contribution in [0.3, 0.4) is 0 Å². The van der Waals surface area contributed by atoms with Crippen LogP contribution in [0.15, 0.2) is 95.2 Å². The van der Waals surface area contributed by atoms with E-state index in [4.69, 9.17) is 23.7 Å². The lowest BCUT2D eigenvalue weighted by atomic mass is 9.56. The Morgan fingerprint density at radius 2 is 0.946 bits per heavy atom. The highest BCUT2D eigenvalue weighted by Crippen LogP contribution is 2.78. The molecule has 0 N–H and O–H groups in total. The summed E-state index contributed by atoms with van der Waals surface area (Å²) >= 11 is 0. The molecule has 0 radical (unpaired) electrons. The van der Waals surface area contributed by atoms with E-state index in [1.54, 1.807) is 0 Å². The summed E-state index contributed by atoms with van der Waals surface area (Å²) in [5, 5.41) is 0. The van der Waals surface area contributed by atoms with Crippen molar-refractivity contribution in [3.63, 3.8) is 0 Å². The minimum Gasteiger partial charge on any atom is -0.353 e. The number of fused-ring (bicyclic) bond motifs is 4. The molecule has 37 heavy (non-hydrogen) atoms.